The number of alkyl halides is 1. The molecule has 0 N–H and O–H groups in total. The van der Waals surface area contributed by atoms with E-state index in [2.05, 4.69) is 113 Å². The van der Waals surface area contributed by atoms with Crippen molar-refractivity contribution in [2.75, 3.05) is 0 Å². The van der Waals surface area contributed by atoms with Gasteiger partial charge in [-0.15, -0.1) is 0 Å². The van der Waals surface area contributed by atoms with E-state index in [1.165, 1.54) is 33.4 Å². The molecule has 3 aliphatic carbocycles. The van der Waals surface area contributed by atoms with E-state index in [0.717, 1.165) is 27.6 Å². The van der Waals surface area contributed by atoms with Gasteiger partial charge in [-0.05, 0) is 39.4 Å². The van der Waals surface area contributed by atoms with E-state index in [-0.39, 0.29) is 0 Å². The maximum absolute atomic E-state index is 6.47. The Morgan fingerprint density at radius 2 is 1.02 bits per heavy atom. The van der Waals surface area contributed by atoms with Crippen LogP contribution in [0, 0.1) is 0 Å². The zero-order valence-corrected chi connectivity index (χ0v) is 22.9. The topological polar surface area (TPSA) is 38.9 Å². The molecule has 0 atom stereocenters. The maximum atomic E-state index is 6.47. The molecule has 3 aliphatic rings. The summed E-state index contributed by atoms with van der Waals surface area (Å²) in [6.07, 6.45) is 0. The summed E-state index contributed by atoms with van der Waals surface area (Å²) < 4.78 is 6.02. The van der Waals surface area contributed by atoms with Crippen LogP contribution in [-0.2, 0) is 9.74 Å². The van der Waals surface area contributed by atoms with E-state index in [0.29, 0.717) is 11.5 Å². The highest BCUT2D eigenvalue weighted by molar-refractivity contribution is 9.10. The van der Waals surface area contributed by atoms with Crippen LogP contribution in [0.5, 0.6) is 0 Å². The Labute approximate surface area is 239 Å². The molecule has 0 fully saturated rings. The Bertz CT molecular complexity index is 2030. The number of hydrogen-bond donors (Lipinski definition) is 0. The number of nitrogens with zero attached hydrogens (tertiary/aromatic N) is 2. The Hall–Kier alpha value is -4.54. The average molecular weight is 577 g/mol. The first kappa shape index (κ1) is 22.3. The number of fused-ring (bicyclic) bond motifs is 3. The molecule has 2 heterocycles. The zero-order valence-electron chi connectivity index (χ0n) is 21.3. The first-order valence-electron chi connectivity index (χ1n) is 13.5. The van der Waals surface area contributed by atoms with Gasteiger partial charge in [0.05, 0.1) is 16.5 Å². The van der Waals surface area contributed by atoms with E-state index < -0.39 is 9.74 Å². The molecular formula is C36H21BrN2O. The third kappa shape index (κ3) is 2.56. The van der Waals surface area contributed by atoms with Crippen molar-refractivity contribution < 1.29 is 4.42 Å². The van der Waals surface area contributed by atoms with Crippen molar-refractivity contribution >= 4 is 38.0 Å². The Morgan fingerprint density at radius 1 is 0.525 bits per heavy atom. The normalized spacial score (nSPS) is 20.3. The highest BCUT2D eigenvalue weighted by atomic mass is 79.9. The molecule has 10 rings (SSSR count). The van der Waals surface area contributed by atoms with E-state index in [9.17, 15) is 0 Å². The monoisotopic (exact) mass is 576 g/mol. The van der Waals surface area contributed by atoms with Gasteiger partial charge in [-0.1, -0.05) is 137 Å². The van der Waals surface area contributed by atoms with Gasteiger partial charge in [-0.3, -0.25) is 0 Å². The van der Waals surface area contributed by atoms with Crippen LogP contribution in [0.3, 0.4) is 0 Å². The van der Waals surface area contributed by atoms with Crippen LogP contribution in [-0.4, -0.2) is 9.97 Å². The fourth-order valence-corrected chi connectivity index (χ4v) is 8.23. The van der Waals surface area contributed by atoms with E-state index in [4.69, 9.17) is 14.4 Å². The molecule has 5 aromatic carbocycles. The first-order valence-corrected chi connectivity index (χ1v) is 14.3. The lowest BCUT2D eigenvalue weighted by atomic mass is 9.51. The molecule has 0 saturated carbocycles. The summed E-state index contributed by atoms with van der Waals surface area (Å²) >= 11 is 4.31. The minimum Gasteiger partial charge on any atom is -0.438 e. The number of rotatable bonds is 2. The number of aromatic nitrogens is 2. The SMILES string of the molecule is BrC12c3ccccc3C(c3nc(-c4ccccc4)nc4oc5ccccc5c34)(c3ccccc31)c1ccccc12. The predicted molar refractivity (Wildman–Crippen MR) is 162 cm³/mol. The van der Waals surface area contributed by atoms with Crippen molar-refractivity contribution in [1.82, 2.24) is 9.97 Å². The highest BCUT2D eigenvalue weighted by Gasteiger charge is 2.59. The summed E-state index contributed by atoms with van der Waals surface area (Å²) in [4.78, 5) is 10.5. The van der Waals surface area contributed by atoms with Gasteiger partial charge in [-0.25, -0.2) is 4.98 Å². The second-order valence-electron chi connectivity index (χ2n) is 10.6. The van der Waals surface area contributed by atoms with Crippen LogP contribution in [0.25, 0.3) is 33.5 Å². The van der Waals surface area contributed by atoms with Gasteiger partial charge in [0, 0.05) is 10.9 Å². The molecule has 0 unspecified atom stereocenters. The Kier molecular flexibility index (Phi) is 4.33. The minimum atomic E-state index is -0.670. The predicted octanol–water partition coefficient (Wildman–Crippen LogP) is 8.74. The smallest absolute Gasteiger partial charge is 0.231 e. The molecular weight excluding hydrogens is 556 g/mol. The number of para-hydroxylation sites is 1. The van der Waals surface area contributed by atoms with Crippen molar-refractivity contribution in [2.24, 2.45) is 0 Å². The first-order chi connectivity index (χ1) is 19.7. The number of halogens is 1. The lowest BCUT2D eigenvalue weighted by Gasteiger charge is -2.54. The third-order valence-corrected chi connectivity index (χ3v) is 10.0. The molecule has 0 radical (unpaired) electrons. The van der Waals surface area contributed by atoms with Crippen molar-refractivity contribution in [1.29, 1.82) is 0 Å². The van der Waals surface area contributed by atoms with Crippen LogP contribution in [0.4, 0.5) is 0 Å². The van der Waals surface area contributed by atoms with Crippen molar-refractivity contribution in [2.45, 2.75) is 9.74 Å². The molecule has 188 valence electrons. The summed E-state index contributed by atoms with van der Waals surface area (Å²) in [5.41, 5.74) is 10.1. The fourth-order valence-electron chi connectivity index (χ4n) is 7.20. The Morgan fingerprint density at radius 3 is 1.62 bits per heavy atom. The second kappa shape index (κ2) is 7.77. The van der Waals surface area contributed by atoms with E-state index >= 15 is 0 Å². The quantitative estimate of drug-likeness (QED) is 0.193. The van der Waals surface area contributed by atoms with E-state index in [1.807, 2.05) is 30.3 Å². The summed E-state index contributed by atoms with van der Waals surface area (Å²) in [7, 11) is 0. The van der Waals surface area contributed by atoms with Crippen molar-refractivity contribution in [3.8, 4) is 11.4 Å². The molecule has 7 aromatic rings. The lowest BCUT2D eigenvalue weighted by Crippen LogP contribution is -2.49. The number of benzene rings is 5. The molecule has 0 aliphatic heterocycles. The summed E-state index contributed by atoms with van der Waals surface area (Å²) in [5, 5.41) is 1.98. The largest absolute Gasteiger partial charge is 0.438 e. The van der Waals surface area contributed by atoms with Crippen LogP contribution < -0.4 is 0 Å². The van der Waals surface area contributed by atoms with Crippen LogP contribution >= 0.6 is 15.9 Å². The van der Waals surface area contributed by atoms with Gasteiger partial charge in [-0.2, -0.15) is 4.98 Å². The van der Waals surface area contributed by atoms with Gasteiger partial charge in [0.1, 0.15) is 9.91 Å². The third-order valence-electron chi connectivity index (χ3n) is 8.73. The van der Waals surface area contributed by atoms with Crippen molar-refractivity contribution in [3.05, 3.63) is 166 Å². The zero-order chi connectivity index (χ0) is 26.5. The second-order valence-corrected chi connectivity index (χ2v) is 11.8. The molecule has 4 heteroatoms. The fraction of sp³-hybridized carbons (Fsp3) is 0.0556. The molecule has 40 heavy (non-hydrogen) atoms. The minimum absolute atomic E-state index is 0.453. The summed E-state index contributed by atoms with van der Waals surface area (Å²) in [6.45, 7) is 0. The van der Waals surface area contributed by atoms with Gasteiger partial charge in [0.15, 0.2) is 5.82 Å². The number of furan rings is 1. The molecule has 2 aromatic heterocycles. The van der Waals surface area contributed by atoms with Crippen LogP contribution in [0.1, 0.15) is 39.1 Å². The van der Waals surface area contributed by atoms with Crippen molar-refractivity contribution in [3.63, 3.8) is 0 Å². The molecule has 3 nitrogen and oxygen atoms in total. The van der Waals surface area contributed by atoms with Crippen LogP contribution in [0.2, 0.25) is 0 Å². The number of hydrogen-bond acceptors (Lipinski definition) is 3. The average Bonchev–Trinajstić information content (AvgIpc) is 3.40. The summed E-state index contributed by atoms with van der Waals surface area (Å²) in [5.74, 6) is 0.658. The Balaban J connectivity index is 1.56. The molecule has 2 bridgehead atoms. The lowest BCUT2D eigenvalue weighted by molar-refractivity contribution is 0.599. The van der Waals surface area contributed by atoms with E-state index in [1.54, 1.807) is 0 Å². The molecule has 0 saturated heterocycles. The highest BCUT2D eigenvalue weighted by Crippen LogP contribution is 2.66. The van der Waals surface area contributed by atoms with Gasteiger partial charge in [0.25, 0.3) is 0 Å². The molecule has 0 spiro atoms. The molecule has 0 amide bonds. The van der Waals surface area contributed by atoms with Gasteiger partial charge in [0.2, 0.25) is 5.71 Å². The standard InChI is InChI=1S/C36H21BrN2O/c37-36-27-18-8-5-15-24(27)35(25-16-6-9-19-28(25)36,26-17-7-10-20-29(26)36)32-31-23-14-4-11-21-30(23)40-34(31)39-33(38-32)22-12-2-1-3-13-22/h1-21H. The van der Waals surface area contributed by atoms with Gasteiger partial charge < -0.3 is 4.42 Å². The maximum Gasteiger partial charge on any atom is 0.231 e. The van der Waals surface area contributed by atoms with Gasteiger partial charge >= 0.3 is 0 Å². The van der Waals surface area contributed by atoms with Crippen LogP contribution in [0.15, 0.2) is 132 Å². The summed E-state index contributed by atoms with van der Waals surface area (Å²) in [6, 6.07) is 44.9.